The van der Waals surface area contributed by atoms with E-state index < -0.39 is 0 Å². The fraction of sp³-hybridized carbons (Fsp3) is 0.0952. The lowest BCUT2D eigenvalue weighted by Gasteiger charge is -2.12. The largest absolute Gasteiger partial charge is 0.497 e. The molecule has 0 saturated heterocycles. The maximum Gasteiger partial charge on any atom is 0.118 e. The smallest absolute Gasteiger partial charge is 0.118 e. The van der Waals surface area contributed by atoms with Gasteiger partial charge in [0.2, 0.25) is 0 Å². The Bertz CT molecular complexity index is 957. The van der Waals surface area contributed by atoms with E-state index in [1.54, 1.807) is 7.11 Å². The van der Waals surface area contributed by atoms with Crippen molar-refractivity contribution in [2.45, 2.75) is 6.54 Å². The highest BCUT2D eigenvalue weighted by molar-refractivity contribution is 5.98. The van der Waals surface area contributed by atoms with Crippen LogP contribution in [-0.4, -0.2) is 16.7 Å². The molecular weight excluding hydrogens is 296 g/mol. The van der Waals surface area contributed by atoms with Crippen molar-refractivity contribution in [1.82, 2.24) is 9.55 Å². The van der Waals surface area contributed by atoms with Crippen LogP contribution >= 0.6 is 0 Å². The van der Waals surface area contributed by atoms with E-state index in [1.807, 2.05) is 30.9 Å². The van der Waals surface area contributed by atoms with Crippen molar-refractivity contribution in [3.63, 3.8) is 0 Å². The molecule has 0 amide bonds. The lowest BCUT2D eigenvalue weighted by molar-refractivity contribution is 0.415. The van der Waals surface area contributed by atoms with Gasteiger partial charge in [-0.25, -0.2) is 4.98 Å². The van der Waals surface area contributed by atoms with E-state index in [0.717, 1.165) is 12.3 Å². The molecule has 118 valence electrons. The van der Waals surface area contributed by atoms with E-state index in [9.17, 15) is 0 Å². The van der Waals surface area contributed by atoms with Crippen LogP contribution in [0.2, 0.25) is 0 Å². The van der Waals surface area contributed by atoms with Gasteiger partial charge in [0.1, 0.15) is 5.75 Å². The van der Waals surface area contributed by atoms with Gasteiger partial charge < -0.3 is 9.30 Å². The van der Waals surface area contributed by atoms with Crippen LogP contribution in [0.4, 0.5) is 0 Å². The maximum absolute atomic E-state index is 5.26. The molecule has 0 unspecified atom stereocenters. The second-order valence-corrected chi connectivity index (χ2v) is 5.78. The molecule has 1 aromatic heterocycles. The first-order valence-corrected chi connectivity index (χ1v) is 7.96. The topological polar surface area (TPSA) is 27.1 Å². The predicted octanol–water partition coefficient (Wildman–Crippen LogP) is 4.76. The van der Waals surface area contributed by atoms with Crippen LogP contribution in [0.15, 0.2) is 79.4 Å². The molecule has 0 spiro atoms. The van der Waals surface area contributed by atoms with Gasteiger partial charge in [-0.1, -0.05) is 48.5 Å². The molecule has 3 nitrogen and oxygen atoms in total. The highest BCUT2D eigenvalue weighted by Crippen LogP contribution is 2.32. The standard InChI is InChI=1S/C21H18N2O/c1-24-18-9-6-16(7-10-18)20-11-8-17(14-23-13-12-22-15-23)19-4-2-3-5-21(19)20/h2-13,15H,14H2,1H3. The van der Waals surface area contributed by atoms with Crippen LogP contribution in [0, 0.1) is 0 Å². The molecule has 3 heteroatoms. The Balaban J connectivity index is 1.82. The molecule has 0 atom stereocenters. The summed E-state index contributed by atoms with van der Waals surface area (Å²) in [6, 6.07) is 21.2. The third kappa shape index (κ3) is 2.65. The van der Waals surface area contributed by atoms with Crippen LogP contribution < -0.4 is 4.74 Å². The third-order valence-corrected chi connectivity index (χ3v) is 4.33. The Labute approximate surface area is 141 Å². The molecular formula is C21H18N2O. The summed E-state index contributed by atoms with van der Waals surface area (Å²) in [6.45, 7) is 0.823. The number of rotatable bonds is 4. The van der Waals surface area contributed by atoms with E-state index >= 15 is 0 Å². The molecule has 0 aliphatic rings. The molecule has 0 bridgehead atoms. The first kappa shape index (κ1) is 14.5. The van der Waals surface area contributed by atoms with Gasteiger partial charge in [0.25, 0.3) is 0 Å². The average Bonchev–Trinajstić information content (AvgIpc) is 3.15. The van der Waals surface area contributed by atoms with Crippen molar-refractivity contribution >= 4 is 10.8 Å². The van der Waals surface area contributed by atoms with Crippen molar-refractivity contribution in [3.05, 3.63) is 84.9 Å². The lowest BCUT2D eigenvalue weighted by atomic mass is 9.95. The number of methoxy groups -OCH3 is 1. The van der Waals surface area contributed by atoms with Crippen LogP contribution in [0.3, 0.4) is 0 Å². The summed E-state index contributed by atoms with van der Waals surface area (Å²) in [5, 5.41) is 2.54. The molecule has 0 radical (unpaired) electrons. The van der Waals surface area contributed by atoms with Crippen molar-refractivity contribution in [3.8, 4) is 16.9 Å². The molecule has 0 fully saturated rings. The third-order valence-electron chi connectivity index (χ3n) is 4.33. The molecule has 0 saturated carbocycles. The van der Waals surface area contributed by atoms with E-state index in [0.29, 0.717) is 0 Å². The number of nitrogens with zero attached hydrogens (tertiary/aromatic N) is 2. The van der Waals surface area contributed by atoms with Gasteiger partial charge in [0.05, 0.1) is 13.4 Å². The quantitative estimate of drug-likeness (QED) is 0.543. The minimum atomic E-state index is 0.823. The van der Waals surface area contributed by atoms with Crippen molar-refractivity contribution in [2.24, 2.45) is 0 Å². The zero-order valence-corrected chi connectivity index (χ0v) is 13.5. The summed E-state index contributed by atoms with van der Waals surface area (Å²) in [4.78, 5) is 4.13. The normalized spacial score (nSPS) is 10.9. The Kier molecular flexibility index (Phi) is 3.75. The van der Waals surface area contributed by atoms with Crippen LogP contribution in [0.1, 0.15) is 5.56 Å². The predicted molar refractivity (Wildman–Crippen MR) is 97.3 cm³/mol. The fourth-order valence-electron chi connectivity index (χ4n) is 3.10. The zero-order chi connectivity index (χ0) is 16.4. The van der Waals surface area contributed by atoms with Crippen molar-refractivity contribution in [1.29, 1.82) is 0 Å². The van der Waals surface area contributed by atoms with Crippen molar-refractivity contribution in [2.75, 3.05) is 7.11 Å². The molecule has 1 heterocycles. The number of ether oxygens (including phenoxy) is 1. The highest BCUT2D eigenvalue weighted by atomic mass is 16.5. The molecule has 24 heavy (non-hydrogen) atoms. The first-order chi connectivity index (χ1) is 11.8. The van der Waals surface area contributed by atoms with E-state index in [4.69, 9.17) is 4.74 Å². The van der Waals surface area contributed by atoms with E-state index in [1.165, 1.54) is 27.5 Å². The van der Waals surface area contributed by atoms with Gasteiger partial charge in [-0.05, 0) is 39.6 Å². The Morgan fingerprint density at radius 1 is 0.917 bits per heavy atom. The summed E-state index contributed by atoms with van der Waals surface area (Å²) >= 11 is 0. The van der Waals surface area contributed by atoms with E-state index in [-0.39, 0.29) is 0 Å². The number of benzene rings is 3. The molecule has 0 N–H and O–H groups in total. The SMILES string of the molecule is COc1ccc(-c2ccc(Cn3ccnc3)c3ccccc23)cc1. The summed E-state index contributed by atoms with van der Waals surface area (Å²) < 4.78 is 7.35. The van der Waals surface area contributed by atoms with E-state index in [2.05, 4.69) is 58.1 Å². The Morgan fingerprint density at radius 2 is 1.71 bits per heavy atom. The van der Waals surface area contributed by atoms with Gasteiger partial charge in [0, 0.05) is 18.9 Å². The zero-order valence-electron chi connectivity index (χ0n) is 13.5. The molecule has 4 aromatic rings. The summed E-state index contributed by atoms with van der Waals surface area (Å²) in [6.07, 6.45) is 5.66. The van der Waals surface area contributed by atoms with Gasteiger partial charge in [-0.3, -0.25) is 0 Å². The first-order valence-electron chi connectivity index (χ1n) is 7.96. The van der Waals surface area contributed by atoms with Gasteiger partial charge in [0.15, 0.2) is 0 Å². The lowest BCUT2D eigenvalue weighted by Crippen LogP contribution is -1.98. The number of hydrogen-bond acceptors (Lipinski definition) is 2. The van der Waals surface area contributed by atoms with Crippen LogP contribution in [-0.2, 0) is 6.54 Å². The Morgan fingerprint density at radius 3 is 2.42 bits per heavy atom. The van der Waals surface area contributed by atoms with Crippen molar-refractivity contribution < 1.29 is 4.74 Å². The molecule has 0 aliphatic carbocycles. The number of hydrogen-bond donors (Lipinski definition) is 0. The molecule has 0 aliphatic heterocycles. The maximum atomic E-state index is 5.26. The fourth-order valence-corrected chi connectivity index (χ4v) is 3.10. The number of fused-ring (bicyclic) bond motifs is 1. The summed E-state index contributed by atoms with van der Waals surface area (Å²) in [5.41, 5.74) is 3.73. The second-order valence-electron chi connectivity index (χ2n) is 5.78. The van der Waals surface area contributed by atoms with Gasteiger partial charge in [-0.15, -0.1) is 0 Å². The van der Waals surface area contributed by atoms with Gasteiger partial charge >= 0.3 is 0 Å². The minimum absolute atomic E-state index is 0.823. The second kappa shape index (κ2) is 6.20. The highest BCUT2D eigenvalue weighted by Gasteiger charge is 2.08. The average molecular weight is 314 g/mol. The summed E-state index contributed by atoms with van der Waals surface area (Å²) in [5.74, 6) is 0.875. The minimum Gasteiger partial charge on any atom is -0.497 e. The van der Waals surface area contributed by atoms with Gasteiger partial charge in [-0.2, -0.15) is 0 Å². The summed E-state index contributed by atoms with van der Waals surface area (Å²) in [7, 11) is 1.69. The monoisotopic (exact) mass is 314 g/mol. The van der Waals surface area contributed by atoms with Crippen LogP contribution in [0.25, 0.3) is 21.9 Å². The number of aromatic nitrogens is 2. The molecule has 4 rings (SSSR count). The molecule has 3 aromatic carbocycles. The number of imidazole rings is 1. The van der Waals surface area contributed by atoms with Crippen LogP contribution in [0.5, 0.6) is 5.75 Å². The Hall–Kier alpha value is -3.07.